The minimum Gasteiger partial charge on any atom is -0.505 e. The van der Waals surface area contributed by atoms with Crippen molar-refractivity contribution in [3.63, 3.8) is 0 Å². The van der Waals surface area contributed by atoms with E-state index < -0.39 is 23.4 Å². The number of aliphatic hydroxyl groups excluding tert-OH is 1. The van der Waals surface area contributed by atoms with Gasteiger partial charge in [-0.1, -0.05) is 35.3 Å². The van der Waals surface area contributed by atoms with E-state index >= 15 is 0 Å². The van der Waals surface area contributed by atoms with Crippen LogP contribution in [0.25, 0.3) is 0 Å². The second kappa shape index (κ2) is 8.55. The fraction of sp³-hybridized carbons (Fsp3) is 0.429. The SMILES string of the molecule is C[C@H]([C@H](O)c1cc(Cl)c(O)c(Cl)c1)N1CCC(O)(c2ccc(C(F)(F)F)cc2)CC1. The zero-order valence-electron chi connectivity index (χ0n) is 16.1. The molecular formula is C21H22Cl2F3NO3. The van der Waals surface area contributed by atoms with Gasteiger partial charge in [0.25, 0.3) is 0 Å². The number of phenols is 1. The van der Waals surface area contributed by atoms with Gasteiger partial charge in [-0.05, 0) is 55.2 Å². The van der Waals surface area contributed by atoms with E-state index in [-0.39, 0.29) is 21.8 Å². The van der Waals surface area contributed by atoms with Crippen LogP contribution in [0.5, 0.6) is 5.75 Å². The van der Waals surface area contributed by atoms with Gasteiger partial charge in [0.05, 0.1) is 27.3 Å². The van der Waals surface area contributed by atoms with E-state index in [4.69, 9.17) is 23.2 Å². The summed E-state index contributed by atoms with van der Waals surface area (Å²) in [6.45, 7) is 2.70. The Morgan fingerprint density at radius 2 is 1.53 bits per heavy atom. The van der Waals surface area contributed by atoms with Gasteiger partial charge in [-0.25, -0.2) is 0 Å². The number of nitrogens with zero attached hydrogens (tertiary/aromatic N) is 1. The van der Waals surface area contributed by atoms with Crippen molar-refractivity contribution in [3.05, 3.63) is 63.1 Å². The highest BCUT2D eigenvalue weighted by atomic mass is 35.5. The Morgan fingerprint density at radius 1 is 1.03 bits per heavy atom. The number of rotatable bonds is 4. The van der Waals surface area contributed by atoms with E-state index in [2.05, 4.69) is 0 Å². The highest BCUT2D eigenvalue weighted by Crippen LogP contribution is 2.39. The zero-order chi connectivity index (χ0) is 22.3. The Labute approximate surface area is 182 Å². The minimum atomic E-state index is -4.42. The lowest BCUT2D eigenvalue weighted by Crippen LogP contribution is -2.47. The summed E-state index contributed by atoms with van der Waals surface area (Å²) >= 11 is 11.9. The molecule has 0 amide bonds. The number of hydrogen-bond donors (Lipinski definition) is 3. The summed E-state index contributed by atoms with van der Waals surface area (Å²) in [4.78, 5) is 1.98. The summed E-state index contributed by atoms with van der Waals surface area (Å²) in [6.07, 6.45) is -4.73. The molecule has 2 aromatic rings. The third-order valence-electron chi connectivity index (χ3n) is 5.79. The Kier molecular flexibility index (Phi) is 6.60. The standard InChI is InChI=1S/C21H22Cl2F3NO3/c1-12(18(28)13-10-16(22)19(29)17(23)11-13)27-8-6-20(30,7-9-27)14-2-4-15(5-3-14)21(24,25)26/h2-5,10-12,18,28-30H,6-9H2,1H3/t12-,18+/m1/s1. The molecule has 30 heavy (non-hydrogen) atoms. The van der Waals surface area contributed by atoms with E-state index in [1.54, 1.807) is 0 Å². The number of aromatic hydroxyl groups is 1. The van der Waals surface area contributed by atoms with Crippen LogP contribution < -0.4 is 0 Å². The summed E-state index contributed by atoms with van der Waals surface area (Å²) < 4.78 is 38.3. The maximum atomic E-state index is 12.8. The summed E-state index contributed by atoms with van der Waals surface area (Å²) in [5, 5.41) is 31.4. The number of likely N-dealkylation sites (tertiary alicyclic amines) is 1. The van der Waals surface area contributed by atoms with Crippen LogP contribution in [0.15, 0.2) is 36.4 Å². The highest BCUT2D eigenvalue weighted by molar-refractivity contribution is 6.37. The van der Waals surface area contributed by atoms with E-state index in [1.807, 2.05) is 11.8 Å². The van der Waals surface area contributed by atoms with Crippen LogP contribution in [0.2, 0.25) is 10.0 Å². The number of alkyl halides is 3. The summed E-state index contributed by atoms with van der Waals surface area (Å²) in [5.41, 5.74) is -1.08. The number of piperidine rings is 1. The van der Waals surface area contributed by atoms with Gasteiger partial charge in [-0.2, -0.15) is 13.2 Å². The molecule has 1 fully saturated rings. The number of benzene rings is 2. The second-order valence-electron chi connectivity index (χ2n) is 7.66. The average Bonchev–Trinajstić information content (AvgIpc) is 2.70. The molecule has 0 bridgehead atoms. The molecule has 0 aliphatic carbocycles. The van der Waals surface area contributed by atoms with Gasteiger partial charge in [-0.15, -0.1) is 0 Å². The molecule has 1 aliphatic rings. The first-order valence-electron chi connectivity index (χ1n) is 9.42. The molecule has 164 valence electrons. The molecule has 1 aliphatic heterocycles. The molecule has 0 radical (unpaired) electrons. The van der Waals surface area contributed by atoms with Crippen LogP contribution in [-0.2, 0) is 11.8 Å². The van der Waals surface area contributed by atoms with Crippen molar-refractivity contribution in [1.29, 1.82) is 0 Å². The molecule has 0 spiro atoms. The highest BCUT2D eigenvalue weighted by Gasteiger charge is 2.38. The number of phenolic OH excluding ortho intramolecular Hbond substituents is 1. The fourth-order valence-corrected chi connectivity index (χ4v) is 4.30. The molecule has 0 aromatic heterocycles. The number of halogens is 5. The van der Waals surface area contributed by atoms with Crippen LogP contribution in [0.4, 0.5) is 13.2 Å². The predicted molar refractivity (Wildman–Crippen MR) is 109 cm³/mol. The average molecular weight is 464 g/mol. The number of hydrogen-bond acceptors (Lipinski definition) is 4. The minimum absolute atomic E-state index is 0.0408. The number of aliphatic hydroxyl groups is 2. The van der Waals surface area contributed by atoms with Crippen LogP contribution in [0.1, 0.15) is 42.6 Å². The molecule has 1 heterocycles. The monoisotopic (exact) mass is 463 g/mol. The fourth-order valence-electron chi connectivity index (χ4n) is 3.79. The van der Waals surface area contributed by atoms with Crippen molar-refractivity contribution < 1.29 is 28.5 Å². The first kappa shape index (κ1) is 23.2. The Balaban J connectivity index is 1.68. The molecule has 2 atom stereocenters. The molecule has 4 nitrogen and oxygen atoms in total. The third kappa shape index (κ3) is 4.70. The molecular weight excluding hydrogens is 442 g/mol. The lowest BCUT2D eigenvalue weighted by atomic mass is 9.83. The van der Waals surface area contributed by atoms with E-state index in [0.717, 1.165) is 12.1 Å². The van der Waals surface area contributed by atoms with Crippen molar-refractivity contribution in [2.45, 2.75) is 43.7 Å². The topological polar surface area (TPSA) is 63.9 Å². The van der Waals surface area contributed by atoms with Crippen molar-refractivity contribution >= 4 is 23.2 Å². The normalized spacial score (nSPS) is 19.5. The van der Waals surface area contributed by atoms with E-state index in [0.29, 0.717) is 37.1 Å². The summed E-state index contributed by atoms with van der Waals surface area (Å²) in [6, 6.07) is 7.15. The first-order chi connectivity index (χ1) is 13.9. The lowest BCUT2D eigenvalue weighted by molar-refractivity contribution is -0.137. The zero-order valence-corrected chi connectivity index (χ0v) is 17.6. The molecule has 3 N–H and O–H groups in total. The molecule has 9 heteroatoms. The Hall–Kier alpha value is -1.51. The smallest absolute Gasteiger partial charge is 0.416 e. The molecule has 0 unspecified atom stereocenters. The Morgan fingerprint density at radius 3 is 2.00 bits per heavy atom. The third-order valence-corrected chi connectivity index (χ3v) is 6.36. The van der Waals surface area contributed by atoms with Gasteiger partial charge in [0.15, 0.2) is 5.75 Å². The van der Waals surface area contributed by atoms with Crippen molar-refractivity contribution in [2.75, 3.05) is 13.1 Å². The van der Waals surface area contributed by atoms with E-state index in [9.17, 15) is 28.5 Å². The Bertz CT molecular complexity index is 874. The van der Waals surface area contributed by atoms with Gasteiger partial charge in [0.2, 0.25) is 0 Å². The molecule has 2 aromatic carbocycles. The van der Waals surface area contributed by atoms with Crippen LogP contribution in [0.3, 0.4) is 0 Å². The van der Waals surface area contributed by atoms with E-state index in [1.165, 1.54) is 24.3 Å². The van der Waals surface area contributed by atoms with Gasteiger partial charge in [-0.3, -0.25) is 4.90 Å². The van der Waals surface area contributed by atoms with Crippen LogP contribution >= 0.6 is 23.2 Å². The van der Waals surface area contributed by atoms with Gasteiger partial charge < -0.3 is 15.3 Å². The summed E-state index contributed by atoms with van der Waals surface area (Å²) in [5.74, 6) is -0.249. The summed E-state index contributed by atoms with van der Waals surface area (Å²) in [7, 11) is 0. The molecule has 0 saturated carbocycles. The molecule has 3 rings (SSSR count). The van der Waals surface area contributed by atoms with Crippen molar-refractivity contribution in [2.24, 2.45) is 0 Å². The van der Waals surface area contributed by atoms with Gasteiger partial charge in [0.1, 0.15) is 0 Å². The van der Waals surface area contributed by atoms with Crippen LogP contribution in [0, 0.1) is 0 Å². The predicted octanol–water partition coefficient (Wildman–Crippen LogP) is 5.12. The quantitative estimate of drug-likeness (QED) is 0.588. The van der Waals surface area contributed by atoms with Crippen molar-refractivity contribution in [3.8, 4) is 5.75 Å². The van der Waals surface area contributed by atoms with Crippen LogP contribution in [-0.4, -0.2) is 39.4 Å². The maximum Gasteiger partial charge on any atom is 0.416 e. The second-order valence-corrected chi connectivity index (χ2v) is 8.48. The van der Waals surface area contributed by atoms with Crippen molar-refractivity contribution in [1.82, 2.24) is 4.90 Å². The van der Waals surface area contributed by atoms with Gasteiger partial charge in [0, 0.05) is 19.1 Å². The molecule has 1 saturated heterocycles. The largest absolute Gasteiger partial charge is 0.505 e. The maximum absolute atomic E-state index is 12.8. The first-order valence-corrected chi connectivity index (χ1v) is 10.2. The van der Waals surface area contributed by atoms with Gasteiger partial charge >= 0.3 is 6.18 Å². The lowest BCUT2D eigenvalue weighted by Gasteiger charge is -2.42.